The summed E-state index contributed by atoms with van der Waals surface area (Å²) in [6, 6.07) is 13.8. The minimum atomic E-state index is -0.298. The van der Waals surface area contributed by atoms with Gasteiger partial charge >= 0.3 is 6.03 Å². The van der Waals surface area contributed by atoms with Gasteiger partial charge in [0.25, 0.3) is 0 Å². The zero-order valence-electron chi connectivity index (χ0n) is 20.4. The van der Waals surface area contributed by atoms with E-state index in [1.54, 1.807) is 11.0 Å². The molecule has 1 fully saturated rings. The predicted octanol–water partition coefficient (Wildman–Crippen LogP) is 4.64. The van der Waals surface area contributed by atoms with Crippen molar-refractivity contribution < 1.29 is 9.53 Å². The molecule has 2 aromatic heterocycles. The van der Waals surface area contributed by atoms with Gasteiger partial charge in [-0.25, -0.2) is 19.7 Å². The van der Waals surface area contributed by atoms with Crippen molar-refractivity contribution in [3.8, 4) is 17.1 Å². The number of carbonyl (C=O) groups excluding carboxylic acids is 1. The maximum atomic E-state index is 13.3. The van der Waals surface area contributed by atoms with E-state index in [2.05, 4.69) is 63.6 Å². The normalized spacial score (nSPS) is 16.8. The molecule has 0 saturated carbocycles. The number of hydrogen-bond donors (Lipinski definition) is 2. The van der Waals surface area contributed by atoms with Crippen molar-refractivity contribution in [3.05, 3.63) is 48.8 Å². The number of amides is 2. The zero-order chi connectivity index (χ0) is 24.4. The minimum Gasteiger partial charge on any atom is -0.481 e. The average molecular weight is 474 g/mol. The van der Waals surface area contributed by atoms with Gasteiger partial charge in [-0.2, -0.15) is 0 Å². The first-order chi connectivity index (χ1) is 16.9. The topological polar surface area (TPSA) is 95.5 Å². The largest absolute Gasteiger partial charge is 0.481 e. The third-order valence-corrected chi connectivity index (χ3v) is 6.52. The summed E-state index contributed by atoms with van der Waals surface area (Å²) >= 11 is 0. The standard InChI is InChI=1S/C26H31N7O2/c1-26(2)10-13-32(16-26)19-7-4-6-18(14-19)20-8-9-21-24(30-20)33(12-5-11-27-21)25(34)31-22-15-23(35-3)29-17-28-22/h4,6-9,14-15,17,27H,5,10-13,16H2,1-3H3,(H,28,29,31,34). The van der Waals surface area contributed by atoms with Crippen LogP contribution in [0, 0.1) is 5.41 Å². The quantitative estimate of drug-likeness (QED) is 0.570. The van der Waals surface area contributed by atoms with Crippen LogP contribution in [-0.4, -0.2) is 54.3 Å². The SMILES string of the molecule is COc1cc(NC(=O)N2CCCNc3ccc(-c4cccc(N5CCC(C)(C)C5)c4)nc32)ncn1. The summed E-state index contributed by atoms with van der Waals surface area (Å²) in [5.41, 5.74) is 4.22. The molecule has 3 aromatic rings. The maximum Gasteiger partial charge on any atom is 0.328 e. The van der Waals surface area contributed by atoms with Crippen LogP contribution in [0.3, 0.4) is 0 Å². The van der Waals surface area contributed by atoms with Crippen molar-refractivity contribution in [2.45, 2.75) is 26.7 Å². The highest BCUT2D eigenvalue weighted by atomic mass is 16.5. The van der Waals surface area contributed by atoms with Gasteiger partial charge in [0, 0.05) is 43.5 Å². The van der Waals surface area contributed by atoms with Crippen LogP contribution in [0.5, 0.6) is 5.88 Å². The van der Waals surface area contributed by atoms with Gasteiger partial charge in [0.1, 0.15) is 12.1 Å². The Hall–Kier alpha value is -3.88. The number of aromatic nitrogens is 3. The Morgan fingerprint density at radius 2 is 2.03 bits per heavy atom. The third-order valence-electron chi connectivity index (χ3n) is 6.52. The average Bonchev–Trinajstić information content (AvgIpc) is 3.10. The summed E-state index contributed by atoms with van der Waals surface area (Å²) < 4.78 is 5.14. The van der Waals surface area contributed by atoms with Crippen molar-refractivity contribution in [2.24, 2.45) is 5.41 Å². The molecule has 4 heterocycles. The molecule has 9 nitrogen and oxygen atoms in total. The van der Waals surface area contributed by atoms with E-state index in [4.69, 9.17) is 9.72 Å². The first kappa shape index (κ1) is 22.9. The van der Waals surface area contributed by atoms with Crippen LogP contribution in [0.15, 0.2) is 48.8 Å². The Morgan fingerprint density at radius 3 is 2.83 bits per heavy atom. The molecule has 0 spiro atoms. The number of urea groups is 1. The van der Waals surface area contributed by atoms with E-state index >= 15 is 0 Å². The van der Waals surface area contributed by atoms with Crippen LogP contribution >= 0.6 is 0 Å². The molecule has 0 bridgehead atoms. The van der Waals surface area contributed by atoms with Gasteiger partial charge in [-0.15, -0.1) is 0 Å². The first-order valence-electron chi connectivity index (χ1n) is 12.0. The Bertz CT molecular complexity index is 1230. The van der Waals surface area contributed by atoms with E-state index in [0.717, 1.165) is 43.0 Å². The molecule has 5 rings (SSSR count). The van der Waals surface area contributed by atoms with Gasteiger partial charge in [-0.1, -0.05) is 26.0 Å². The number of carbonyl (C=O) groups is 1. The highest BCUT2D eigenvalue weighted by molar-refractivity contribution is 6.03. The molecule has 0 aliphatic carbocycles. The number of nitrogens with zero attached hydrogens (tertiary/aromatic N) is 5. The number of anilines is 4. The van der Waals surface area contributed by atoms with Crippen LogP contribution in [0.25, 0.3) is 11.3 Å². The minimum absolute atomic E-state index is 0.298. The monoisotopic (exact) mass is 473 g/mol. The Balaban J connectivity index is 1.43. The number of rotatable bonds is 4. The summed E-state index contributed by atoms with van der Waals surface area (Å²) in [7, 11) is 1.52. The van der Waals surface area contributed by atoms with Crippen molar-refractivity contribution >= 4 is 29.0 Å². The van der Waals surface area contributed by atoms with Crippen LogP contribution in [0.2, 0.25) is 0 Å². The molecule has 0 atom stereocenters. The maximum absolute atomic E-state index is 13.3. The highest BCUT2D eigenvalue weighted by Crippen LogP contribution is 2.35. The second-order valence-corrected chi connectivity index (χ2v) is 9.76. The van der Waals surface area contributed by atoms with Gasteiger partial charge in [0.2, 0.25) is 5.88 Å². The second-order valence-electron chi connectivity index (χ2n) is 9.76. The zero-order valence-corrected chi connectivity index (χ0v) is 20.4. The Kier molecular flexibility index (Phi) is 6.15. The van der Waals surface area contributed by atoms with Crippen LogP contribution in [-0.2, 0) is 0 Å². The highest BCUT2D eigenvalue weighted by Gasteiger charge is 2.29. The lowest BCUT2D eigenvalue weighted by molar-refractivity contribution is 0.256. The molecule has 182 valence electrons. The molecule has 9 heteroatoms. The first-order valence-corrected chi connectivity index (χ1v) is 12.0. The summed E-state index contributed by atoms with van der Waals surface area (Å²) in [6.45, 7) is 8.02. The molecule has 2 aliphatic rings. The Morgan fingerprint density at radius 1 is 1.14 bits per heavy atom. The molecule has 0 unspecified atom stereocenters. The molecule has 1 aromatic carbocycles. The van der Waals surface area contributed by atoms with Crippen LogP contribution in [0.4, 0.5) is 27.8 Å². The van der Waals surface area contributed by atoms with Crippen molar-refractivity contribution in [2.75, 3.05) is 53.7 Å². The van der Waals surface area contributed by atoms with Gasteiger partial charge in [-0.05, 0) is 42.5 Å². The van der Waals surface area contributed by atoms with Gasteiger partial charge in [0.05, 0.1) is 18.5 Å². The van der Waals surface area contributed by atoms with Crippen molar-refractivity contribution in [1.82, 2.24) is 15.0 Å². The van der Waals surface area contributed by atoms with E-state index in [1.807, 2.05) is 12.1 Å². The molecular formula is C26H31N7O2. The van der Waals surface area contributed by atoms with E-state index < -0.39 is 0 Å². The van der Waals surface area contributed by atoms with Gasteiger partial charge in [0.15, 0.2) is 5.82 Å². The number of fused-ring (bicyclic) bond motifs is 1. The molecule has 2 aliphatic heterocycles. The second kappa shape index (κ2) is 9.40. The number of nitrogens with one attached hydrogen (secondary N) is 2. The smallest absolute Gasteiger partial charge is 0.328 e. The van der Waals surface area contributed by atoms with Crippen molar-refractivity contribution in [3.63, 3.8) is 0 Å². The fourth-order valence-corrected chi connectivity index (χ4v) is 4.61. The Labute approximate surface area is 205 Å². The molecule has 1 saturated heterocycles. The molecule has 2 N–H and O–H groups in total. The van der Waals surface area contributed by atoms with Crippen LogP contribution in [0.1, 0.15) is 26.7 Å². The van der Waals surface area contributed by atoms with Gasteiger partial charge < -0.3 is 15.0 Å². The van der Waals surface area contributed by atoms with Crippen molar-refractivity contribution in [1.29, 1.82) is 0 Å². The van der Waals surface area contributed by atoms with E-state index in [1.165, 1.54) is 25.5 Å². The lowest BCUT2D eigenvalue weighted by Crippen LogP contribution is -2.36. The number of pyridine rings is 1. The van der Waals surface area contributed by atoms with Gasteiger partial charge in [-0.3, -0.25) is 10.2 Å². The molecular weight excluding hydrogens is 442 g/mol. The molecule has 35 heavy (non-hydrogen) atoms. The molecule has 0 radical (unpaired) electrons. The van der Waals surface area contributed by atoms with Crippen LogP contribution < -0.4 is 25.2 Å². The van der Waals surface area contributed by atoms with E-state index in [0.29, 0.717) is 29.5 Å². The fourth-order valence-electron chi connectivity index (χ4n) is 4.61. The summed E-state index contributed by atoms with van der Waals surface area (Å²) in [5, 5.41) is 6.25. The lowest BCUT2D eigenvalue weighted by Gasteiger charge is -2.23. The predicted molar refractivity (Wildman–Crippen MR) is 138 cm³/mol. The third kappa shape index (κ3) is 4.99. The number of hydrogen-bond acceptors (Lipinski definition) is 7. The van der Waals surface area contributed by atoms with E-state index in [9.17, 15) is 4.79 Å². The number of ether oxygens (including phenoxy) is 1. The number of methoxy groups -OCH3 is 1. The summed E-state index contributed by atoms with van der Waals surface area (Å²) in [4.78, 5) is 30.4. The number of benzene rings is 1. The fraction of sp³-hybridized carbons (Fsp3) is 0.385. The lowest BCUT2D eigenvalue weighted by atomic mass is 9.93. The van der Waals surface area contributed by atoms with E-state index in [-0.39, 0.29) is 6.03 Å². The molecule has 2 amide bonds. The summed E-state index contributed by atoms with van der Waals surface area (Å²) in [5.74, 6) is 1.36. The summed E-state index contributed by atoms with van der Waals surface area (Å²) in [6.07, 6.45) is 3.34.